The fraction of sp³-hybridized carbons (Fsp3) is 0.179. The van der Waals surface area contributed by atoms with Crippen LogP contribution in [0.3, 0.4) is 0 Å². The zero-order valence-corrected chi connectivity index (χ0v) is 20.7. The third kappa shape index (κ3) is 5.87. The van der Waals surface area contributed by atoms with E-state index in [0.717, 1.165) is 47.8 Å². The van der Waals surface area contributed by atoms with E-state index in [9.17, 15) is 13.6 Å². The maximum atomic E-state index is 13.7. The molecule has 0 saturated heterocycles. The molecule has 5 aromatic rings. The van der Waals surface area contributed by atoms with Gasteiger partial charge in [-0.05, 0) is 49.8 Å². The van der Waals surface area contributed by atoms with Crippen LogP contribution in [-0.4, -0.2) is 43.1 Å². The highest BCUT2D eigenvalue weighted by Gasteiger charge is 2.10. The average Bonchev–Trinajstić information content (AvgIpc) is 3.39. The lowest BCUT2D eigenvalue weighted by Gasteiger charge is -2.09. The Hall–Kier alpha value is -4.57. The molecule has 0 fully saturated rings. The van der Waals surface area contributed by atoms with Crippen molar-refractivity contribution in [3.8, 4) is 33.8 Å². The van der Waals surface area contributed by atoms with E-state index in [1.165, 1.54) is 28.9 Å². The minimum Gasteiger partial charge on any atom is -0.320 e. The molecule has 3 aromatic heterocycles. The summed E-state index contributed by atoms with van der Waals surface area (Å²) < 4.78 is 30.5. The van der Waals surface area contributed by atoms with Gasteiger partial charge in [-0.3, -0.25) is 9.48 Å². The lowest BCUT2D eigenvalue weighted by atomic mass is 10.1. The number of aromatic nitrogens is 6. The molecule has 10 heteroatoms. The van der Waals surface area contributed by atoms with Gasteiger partial charge in [-0.2, -0.15) is 10.2 Å². The maximum Gasteiger partial charge on any atom is 0.267 e. The van der Waals surface area contributed by atoms with Crippen LogP contribution in [0, 0.1) is 11.6 Å². The summed E-state index contributed by atoms with van der Waals surface area (Å²) in [7, 11) is 1.93. The van der Waals surface area contributed by atoms with Crippen molar-refractivity contribution < 1.29 is 8.78 Å². The molecule has 0 unspecified atom stereocenters. The Bertz CT molecular complexity index is 1590. The maximum absolute atomic E-state index is 13.7. The molecule has 192 valence electrons. The van der Waals surface area contributed by atoms with Gasteiger partial charge in [-0.1, -0.05) is 18.2 Å². The van der Waals surface area contributed by atoms with Crippen molar-refractivity contribution in [3.63, 3.8) is 0 Å². The SMILES string of the molecule is CNCCCn1cc(-c2cnc(-c3cccc(Cn4nc(-c5cc(F)cc(F)c5)ccc4=O)c3)nc2)cn1. The first-order valence-electron chi connectivity index (χ1n) is 12.1. The van der Waals surface area contributed by atoms with E-state index in [1.807, 2.05) is 42.2 Å². The Kier molecular flexibility index (Phi) is 7.41. The van der Waals surface area contributed by atoms with Crippen molar-refractivity contribution in [2.24, 2.45) is 0 Å². The minimum absolute atomic E-state index is 0.170. The molecule has 0 aliphatic carbocycles. The summed E-state index contributed by atoms with van der Waals surface area (Å²) in [6.07, 6.45) is 8.29. The second-order valence-electron chi connectivity index (χ2n) is 8.82. The highest BCUT2D eigenvalue weighted by molar-refractivity contribution is 5.63. The van der Waals surface area contributed by atoms with Gasteiger partial charge in [-0.25, -0.2) is 23.4 Å². The molecule has 0 aliphatic heterocycles. The molecule has 8 nitrogen and oxygen atoms in total. The Balaban J connectivity index is 1.34. The Morgan fingerprint density at radius 1 is 0.868 bits per heavy atom. The van der Waals surface area contributed by atoms with E-state index < -0.39 is 11.6 Å². The van der Waals surface area contributed by atoms with Crippen molar-refractivity contribution in [2.75, 3.05) is 13.6 Å². The summed E-state index contributed by atoms with van der Waals surface area (Å²) in [5.41, 5.74) is 3.61. The molecular weight excluding hydrogens is 488 g/mol. The molecule has 0 atom stereocenters. The molecule has 5 rings (SSSR count). The van der Waals surface area contributed by atoms with E-state index in [4.69, 9.17) is 0 Å². The van der Waals surface area contributed by atoms with Crippen LogP contribution >= 0.6 is 0 Å². The van der Waals surface area contributed by atoms with Crippen LogP contribution in [0.1, 0.15) is 12.0 Å². The van der Waals surface area contributed by atoms with Crippen molar-refractivity contribution in [1.29, 1.82) is 0 Å². The summed E-state index contributed by atoms with van der Waals surface area (Å²) >= 11 is 0. The van der Waals surface area contributed by atoms with E-state index in [0.29, 0.717) is 11.5 Å². The number of rotatable bonds is 9. The predicted octanol–water partition coefficient (Wildman–Crippen LogP) is 4.17. The topological polar surface area (TPSA) is 90.5 Å². The third-order valence-corrected chi connectivity index (χ3v) is 5.97. The van der Waals surface area contributed by atoms with E-state index >= 15 is 0 Å². The van der Waals surface area contributed by atoms with Gasteiger partial charge in [0.2, 0.25) is 0 Å². The van der Waals surface area contributed by atoms with Crippen LogP contribution in [0.15, 0.2) is 84.2 Å². The predicted molar refractivity (Wildman–Crippen MR) is 140 cm³/mol. The smallest absolute Gasteiger partial charge is 0.267 e. The van der Waals surface area contributed by atoms with Gasteiger partial charge in [0.1, 0.15) is 11.6 Å². The van der Waals surface area contributed by atoms with Crippen molar-refractivity contribution in [2.45, 2.75) is 19.5 Å². The van der Waals surface area contributed by atoms with Gasteiger partial charge in [0.25, 0.3) is 5.56 Å². The summed E-state index contributed by atoms with van der Waals surface area (Å²) in [6, 6.07) is 13.4. The van der Waals surface area contributed by atoms with Gasteiger partial charge >= 0.3 is 0 Å². The Labute approximate surface area is 217 Å². The molecular formula is C28H25F2N7O. The third-order valence-electron chi connectivity index (χ3n) is 5.97. The quantitative estimate of drug-likeness (QED) is 0.298. The standard InChI is InChI=1S/C28H25F2N7O/c1-31-8-3-9-36-18-23(16-34-36)22-14-32-28(33-15-22)20-5-2-4-19(10-20)17-37-27(38)7-6-26(35-37)21-11-24(29)13-25(30)12-21/h2,4-7,10-16,18,31H,3,8-9,17H2,1H3. The fourth-order valence-electron chi connectivity index (χ4n) is 4.08. The fourth-order valence-corrected chi connectivity index (χ4v) is 4.08. The second-order valence-corrected chi connectivity index (χ2v) is 8.82. The van der Waals surface area contributed by atoms with Crippen LogP contribution < -0.4 is 10.9 Å². The molecule has 0 bridgehead atoms. The zero-order valence-electron chi connectivity index (χ0n) is 20.7. The largest absolute Gasteiger partial charge is 0.320 e. The van der Waals surface area contributed by atoms with E-state index in [2.05, 4.69) is 25.5 Å². The van der Waals surface area contributed by atoms with Gasteiger partial charge in [0, 0.05) is 59.5 Å². The molecule has 0 saturated carbocycles. The summed E-state index contributed by atoms with van der Waals surface area (Å²) in [4.78, 5) is 21.5. The molecule has 0 spiro atoms. The second kappa shape index (κ2) is 11.2. The Morgan fingerprint density at radius 2 is 1.66 bits per heavy atom. The first kappa shape index (κ1) is 25.1. The number of hydrogen-bond donors (Lipinski definition) is 1. The molecule has 38 heavy (non-hydrogen) atoms. The minimum atomic E-state index is -0.711. The van der Waals surface area contributed by atoms with Crippen LogP contribution in [0.5, 0.6) is 0 Å². The lowest BCUT2D eigenvalue weighted by molar-refractivity contribution is 0.562. The number of nitrogens with one attached hydrogen (secondary N) is 1. The molecule has 0 radical (unpaired) electrons. The van der Waals surface area contributed by atoms with Gasteiger partial charge in [0.15, 0.2) is 5.82 Å². The van der Waals surface area contributed by atoms with Crippen LogP contribution in [0.25, 0.3) is 33.8 Å². The van der Waals surface area contributed by atoms with Gasteiger partial charge in [-0.15, -0.1) is 0 Å². The summed E-state index contributed by atoms with van der Waals surface area (Å²) in [6.45, 7) is 1.92. The van der Waals surface area contributed by atoms with E-state index in [-0.39, 0.29) is 17.7 Å². The van der Waals surface area contributed by atoms with Crippen molar-refractivity contribution in [1.82, 2.24) is 34.8 Å². The van der Waals surface area contributed by atoms with Crippen LogP contribution in [0.4, 0.5) is 8.78 Å². The first-order valence-corrected chi connectivity index (χ1v) is 12.1. The number of nitrogens with zero attached hydrogens (tertiary/aromatic N) is 6. The molecule has 3 heterocycles. The average molecular weight is 514 g/mol. The molecule has 1 N–H and O–H groups in total. The lowest BCUT2D eigenvalue weighted by Crippen LogP contribution is -2.22. The summed E-state index contributed by atoms with van der Waals surface area (Å²) in [5.74, 6) is -0.880. The number of aryl methyl sites for hydroxylation is 1. The normalized spacial score (nSPS) is 11.1. The zero-order chi connectivity index (χ0) is 26.5. The van der Waals surface area contributed by atoms with Gasteiger partial charge in [0.05, 0.1) is 18.4 Å². The molecule has 0 aliphatic rings. The monoisotopic (exact) mass is 513 g/mol. The van der Waals surface area contributed by atoms with Crippen LogP contribution in [0.2, 0.25) is 0 Å². The van der Waals surface area contributed by atoms with E-state index in [1.54, 1.807) is 18.6 Å². The number of benzene rings is 2. The highest BCUT2D eigenvalue weighted by atomic mass is 19.1. The first-order chi connectivity index (χ1) is 18.5. The van der Waals surface area contributed by atoms with Gasteiger partial charge < -0.3 is 5.32 Å². The summed E-state index contributed by atoms with van der Waals surface area (Å²) in [5, 5.41) is 11.8. The highest BCUT2D eigenvalue weighted by Crippen LogP contribution is 2.22. The van der Waals surface area contributed by atoms with Crippen molar-refractivity contribution in [3.05, 3.63) is 107 Å². The molecule has 2 aromatic carbocycles. The van der Waals surface area contributed by atoms with Crippen LogP contribution in [-0.2, 0) is 13.1 Å². The number of halogens is 2. The number of hydrogen-bond acceptors (Lipinski definition) is 6. The molecule has 0 amide bonds. The Morgan fingerprint density at radius 3 is 2.42 bits per heavy atom. The van der Waals surface area contributed by atoms with Crippen molar-refractivity contribution >= 4 is 0 Å².